The summed E-state index contributed by atoms with van der Waals surface area (Å²) in [5, 5.41) is 13.3. The summed E-state index contributed by atoms with van der Waals surface area (Å²) in [7, 11) is 0. The molecule has 0 radical (unpaired) electrons. The van der Waals surface area contributed by atoms with Crippen LogP contribution in [0.3, 0.4) is 0 Å². The third-order valence-corrected chi connectivity index (χ3v) is 3.45. The van der Waals surface area contributed by atoms with E-state index in [1.165, 1.54) is 23.4 Å². The SMILES string of the molecule is Cc1ccc(F)c(-c2cc(NC(=O)[C@H](C)n3cncn3)n[nH]2)c1. The number of aromatic amines is 1. The van der Waals surface area contributed by atoms with Crippen molar-refractivity contribution in [2.24, 2.45) is 0 Å². The summed E-state index contributed by atoms with van der Waals surface area (Å²) in [5.41, 5.74) is 1.83. The van der Waals surface area contributed by atoms with Crippen molar-refractivity contribution >= 4 is 11.7 Å². The molecular weight excluding hydrogens is 299 g/mol. The second-order valence-electron chi connectivity index (χ2n) is 5.19. The van der Waals surface area contributed by atoms with Gasteiger partial charge in [0, 0.05) is 11.6 Å². The molecule has 0 spiro atoms. The summed E-state index contributed by atoms with van der Waals surface area (Å²) in [4.78, 5) is 16.0. The predicted molar refractivity (Wildman–Crippen MR) is 82.1 cm³/mol. The van der Waals surface area contributed by atoms with E-state index in [-0.39, 0.29) is 11.7 Å². The molecule has 3 aromatic rings. The number of halogens is 1. The lowest BCUT2D eigenvalue weighted by molar-refractivity contribution is -0.119. The second-order valence-corrected chi connectivity index (χ2v) is 5.19. The van der Waals surface area contributed by atoms with E-state index in [0.717, 1.165) is 5.56 Å². The van der Waals surface area contributed by atoms with Crippen molar-refractivity contribution in [2.75, 3.05) is 5.32 Å². The van der Waals surface area contributed by atoms with Crippen molar-refractivity contribution in [1.29, 1.82) is 0 Å². The first-order valence-electron chi connectivity index (χ1n) is 7.01. The lowest BCUT2D eigenvalue weighted by Crippen LogP contribution is -2.24. The number of carbonyl (C=O) groups is 1. The van der Waals surface area contributed by atoms with Crippen LogP contribution >= 0.6 is 0 Å². The maximum atomic E-state index is 13.9. The minimum atomic E-state index is -0.534. The normalized spacial score (nSPS) is 12.1. The maximum Gasteiger partial charge on any atom is 0.250 e. The van der Waals surface area contributed by atoms with Crippen LogP contribution < -0.4 is 5.32 Å². The number of aryl methyl sites for hydroxylation is 1. The molecule has 0 saturated heterocycles. The van der Waals surface area contributed by atoms with Crippen LogP contribution in [-0.4, -0.2) is 30.9 Å². The number of nitrogens with zero attached hydrogens (tertiary/aromatic N) is 4. The van der Waals surface area contributed by atoms with Gasteiger partial charge in [0.1, 0.15) is 24.5 Å². The molecule has 118 valence electrons. The minimum absolute atomic E-state index is 0.293. The molecule has 1 atom stereocenters. The highest BCUT2D eigenvalue weighted by atomic mass is 19.1. The number of aromatic nitrogens is 5. The van der Waals surface area contributed by atoms with Gasteiger partial charge in [-0.1, -0.05) is 11.6 Å². The quantitative estimate of drug-likeness (QED) is 0.773. The molecule has 0 aliphatic carbocycles. The number of benzene rings is 1. The third-order valence-electron chi connectivity index (χ3n) is 3.45. The Morgan fingerprint density at radius 2 is 2.22 bits per heavy atom. The van der Waals surface area contributed by atoms with Crippen LogP contribution in [0.15, 0.2) is 36.9 Å². The van der Waals surface area contributed by atoms with Crippen LogP contribution in [0.4, 0.5) is 10.2 Å². The van der Waals surface area contributed by atoms with E-state index < -0.39 is 6.04 Å². The summed E-state index contributed by atoms with van der Waals surface area (Å²) < 4.78 is 15.3. The number of H-pyrrole nitrogens is 1. The van der Waals surface area contributed by atoms with E-state index in [9.17, 15) is 9.18 Å². The monoisotopic (exact) mass is 314 g/mol. The molecule has 2 N–H and O–H groups in total. The Balaban J connectivity index is 1.77. The summed E-state index contributed by atoms with van der Waals surface area (Å²) in [6, 6.07) is 5.86. The van der Waals surface area contributed by atoms with Gasteiger partial charge in [0.15, 0.2) is 5.82 Å². The van der Waals surface area contributed by atoms with Gasteiger partial charge in [-0.15, -0.1) is 0 Å². The molecule has 1 aromatic carbocycles. The van der Waals surface area contributed by atoms with Crippen LogP contribution in [0.25, 0.3) is 11.3 Å². The van der Waals surface area contributed by atoms with Crippen molar-refractivity contribution in [3.05, 3.63) is 48.3 Å². The van der Waals surface area contributed by atoms with Crippen LogP contribution in [0.1, 0.15) is 18.5 Å². The number of carbonyl (C=O) groups excluding carboxylic acids is 1. The van der Waals surface area contributed by atoms with Crippen molar-refractivity contribution in [3.8, 4) is 11.3 Å². The molecule has 0 aliphatic heterocycles. The van der Waals surface area contributed by atoms with Crippen molar-refractivity contribution in [1.82, 2.24) is 25.0 Å². The zero-order chi connectivity index (χ0) is 16.4. The van der Waals surface area contributed by atoms with E-state index in [0.29, 0.717) is 17.1 Å². The standard InChI is InChI=1S/C15H15FN6O/c1-9-3-4-12(16)11(5-9)13-6-14(21-20-13)19-15(23)10(2)22-8-17-7-18-22/h3-8,10H,1-2H3,(H2,19,20,21,23)/t10-/m0/s1. The zero-order valence-electron chi connectivity index (χ0n) is 12.6. The van der Waals surface area contributed by atoms with E-state index >= 15 is 0 Å². The highest BCUT2D eigenvalue weighted by Gasteiger charge is 2.17. The fourth-order valence-electron chi connectivity index (χ4n) is 2.14. The third kappa shape index (κ3) is 3.10. The lowest BCUT2D eigenvalue weighted by atomic mass is 10.1. The average Bonchev–Trinajstić information content (AvgIpc) is 3.20. The molecule has 3 rings (SSSR count). The van der Waals surface area contributed by atoms with Gasteiger partial charge in [0.2, 0.25) is 5.91 Å². The fraction of sp³-hybridized carbons (Fsp3) is 0.200. The lowest BCUT2D eigenvalue weighted by Gasteiger charge is -2.09. The van der Waals surface area contributed by atoms with Crippen LogP contribution in [-0.2, 0) is 4.79 Å². The van der Waals surface area contributed by atoms with Crippen molar-refractivity contribution in [3.63, 3.8) is 0 Å². The first kappa shape index (κ1) is 14.9. The number of rotatable bonds is 4. The number of anilines is 1. The number of amides is 1. The average molecular weight is 314 g/mol. The molecule has 7 nitrogen and oxygen atoms in total. The number of nitrogens with one attached hydrogen (secondary N) is 2. The summed E-state index contributed by atoms with van der Waals surface area (Å²) >= 11 is 0. The van der Waals surface area contributed by atoms with Crippen molar-refractivity contribution < 1.29 is 9.18 Å². The molecular formula is C15H15FN6O. The van der Waals surface area contributed by atoms with Crippen LogP contribution in [0, 0.1) is 12.7 Å². The van der Waals surface area contributed by atoms with E-state index in [1.807, 2.05) is 6.92 Å². The van der Waals surface area contributed by atoms with E-state index in [4.69, 9.17) is 0 Å². The molecule has 0 fully saturated rings. The van der Waals surface area contributed by atoms with Gasteiger partial charge in [0.25, 0.3) is 0 Å². The maximum absolute atomic E-state index is 13.9. The zero-order valence-corrected chi connectivity index (χ0v) is 12.6. The first-order valence-corrected chi connectivity index (χ1v) is 7.01. The topological polar surface area (TPSA) is 88.5 Å². The van der Waals surface area contributed by atoms with E-state index in [1.54, 1.807) is 25.1 Å². The Labute approximate surface area is 131 Å². The van der Waals surface area contributed by atoms with Gasteiger partial charge in [-0.3, -0.25) is 9.89 Å². The Kier molecular flexibility index (Phi) is 3.88. The molecule has 0 bridgehead atoms. The largest absolute Gasteiger partial charge is 0.307 e. The molecule has 0 unspecified atom stereocenters. The molecule has 8 heteroatoms. The number of hydrogen-bond donors (Lipinski definition) is 2. The Hall–Kier alpha value is -3.03. The molecule has 2 aromatic heterocycles. The molecule has 2 heterocycles. The Morgan fingerprint density at radius 1 is 1.39 bits per heavy atom. The van der Waals surface area contributed by atoms with Gasteiger partial charge in [0.05, 0.1) is 5.69 Å². The highest BCUT2D eigenvalue weighted by molar-refractivity contribution is 5.93. The van der Waals surface area contributed by atoms with E-state index in [2.05, 4.69) is 25.6 Å². The van der Waals surface area contributed by atoms with Gasteiger partial charge < -0.3 is 5.32 Å². The molecule has 0 aliphatic rings. The summed E-state index contributed by atoms with van der Waals surface area (Å²) in [6.45, 7) is 3.57. The van der Waals surface area contributed by atoms with Gasteiger partial charge in [-0.2, -0.15) is 10.2 Å². The first-order chi connectivity index (χ1) is 11.0. The summed E-state index contributed by atoms with van der Waals surface area (Å²) in [5.74, 6) is -0.329. The van der Waals surface area contributed by atoms with Gasteiger partial charge in [-0.25, -0.2) is 14.1 Å². The van der Waals surface area contributed by atoms with Gasteiger partial charge >= 0.3 is 0 Å². The van der Waals surface area contributed by atoms with Gasteiger partial charge in [-0.05, 0) is 26.0 Å². The fourth-order valence-corrected chi connectivity index (χ4v) is 2.14. The Bertz CT molecular complexity index is 826. The van der Waals surface area contributed by atoms with Crippen LogP contribution in [0.5, 0.6) is 0 Å². The minimum Gasteiger partial charge on any atom is -0.307 e. The Morgan fingerprint density at radius 3 is 2.96 bits per heavy atom. The second kappa shape index (κ2) is 5.99. The highest BCUT2D eigenvalue weighted by Crippen LogP contribution is 2.24. The smallest absolute Gasteiger partial charge is 0.250 e. The number of hydrogen-bond acceptors (Lipinski definition) is 4. The summed E-state index contributed by atoms with van der Waals surface area (Å²) in [6.07, 6.45) is 2.82. The van der Waals surface area contributed by atoms with Crippen molar-refractivity contribution in [2.45, 2.75) is 19.9 Å². The molecule has 0 saturated carbocycles. The van der Waals surface area contributed by atoms with Crippen LogP contribution in [0.2, 0.25) is 0 Å². The molecule has 23 heavy (non-hydrogen) atoms. The molecule has 1 amide bonds. The predicted octanol–water partition coefficient (Wildman–Crippen LogP) is 2.32.